The topological polar surface area (TPSA) is 52.7 Å². The van der Waals surface area contributed by atoms with Crippen LogP contribution in [0.5, 0.6) is 0 Å². The number of halogens is 2. The first-order valence-electron chi connectivity index (χ1n) is 11.6. The number of hydrogen-bond acceptors (Lipinski definition) is 3. The highest BCUT2D eigenvalue weighted by atomic mass is 19.2. The molecular weight excluding hydrogens is 400 g/mol. The third-order valence-electron chi connectivity index (χ3n) is 7.22. The molecule has 0 bridgehead atoms. The number of nitrogens with one attached hydrogen (secondary N) is 1. The van der Waals surface area contributed by atoms with E-state index in [2.05, 4.69) is 10.2 Å². The fourth-order valence-corrected chi connectivity index (χ4v) is 5.08. The van der Waals surface area contributed by atoms with Crippen molar-refractivity contribution in [2.45, 2.75) is 64.0 Å². The molecule has 2 heterocycles. The van der Waals surface area contributed by atoms with Gasteiger partial charge in [-0.3, -0.25) is 14.5 Å². The Morgan fingerprint density at radius 1 is 1.00 bits per heavy atom. The van der Waals surface area contributed by atoms with Crippen molar-refractivity contribution in [3.05, 3.63) is 35.4 Å². The van der Waals surface area contributed by atoms with Crippen LogP contribution in [0.3, 0.4) is 0 Å². The van der Waals surface area contributed by atoms with Crippen LogP contribution in [0.1, 0.15) is 64.0 Å². The zero-order valence-corrected chi connectivity index (χ0v) is 18.5. The first-order chi connectivity index (χ1) is 14.8. The molecule has 0 radical (unpaired) electrons. The van der Waals surface area contributed by atoms with Crippen LogP contribution in [-0.2, 0) is 9.59 Å². The Morgan fingerprint density at radius 2 is 1.71 bits per heavy atom. The van der Waals surface area contributed by atoms with E-state index < -0.39 is 23.2 Å². The van der Waals surface area contributed by atoms with Gasteiger partial charge in [-0.25, -0.2) is 8.78 Å². The molecule has 1 aromatic rings. The van der Waals surface area contributed by atoms with Gasteiger partial charge in [0.25, 0.3) is 0 Å². The minimum absolute atomic E-state index is 0.115. The van der Waals surface area contributed by atoms with E-state index in [1.807, 2.05) is 18.7 Å². The maximum atomic E-state index is 14.1. The fourth-order valence-electron chi connectivity index (χ4n) is 5.08. The van der Waals surface area contributed by atoms with E-state index in [4.69, 9.17) is 0 Å². The molecule has 170 valence electrons. The lowest BCUT2D eigenvalue weighted by Crippen LogP contribution is -2.55. The first-order valence-corrected chi connectivity index (χ1v) is 11.6. The third kappa shape index (κ3) is 4.76. The van der Waals surface area contributed by atoms with E-state index in [0.717, 1.165) is 57.7 Å². The second kappa shape index (κ2) is 8.85. The van der Waals surface area contributed by atoms with E-state index >= 15 is 0 Å². The average Bonchev–Trinajstić information content (AvgIpc) is 3.45. The van der Waals surface area contributed by atoms with Gasteiger partial charge in [0, 0.05) is 24.5 Å². The summed E-state index contributed by atoms with van der Waals surface area (Å²) in [6, 6.07) is 3.40. The predicted octanol–water partition coefficient (Wildman–Crippen LogP) is 3.65. The number of nitrogens with zero attached hydrogens (tertiary/aromatic N) is 2. The van der Waals surface area contributed by atoms with Gasteiger partial charge in [0.2, 0.25) is 11.8 Å². The molecule has 2 aliphatic heterocycles. The monoisotopic (exact) mass is 433 g/mol. The molecule has 4 rings (SSSR count). The van der Waals surface area contributed by atoms with Crippen LogP contribution in [-0.4, -0.2) is 53.3 Å². The van der Waals surface area contributed by atoms with Crippen LogP contribution < -0.4 is 5.32 Å². The van der Waals surface area contributed by atoms with Crippen LogP contribution >= 0.6 is 0 Å². The summed E-state index contributed by atoms with van der Waals surface area (Å²) in [5.41, 5.74) is 0.0973. The molecule has 1 N–H and O–H groups in total. The second-order valence-electron chi connectivity index (χ2n) is 9.86. The Hall–Kier alpha value is -2.02. The quantitative estimate of drug-likeness (QED) is 0.745. The van der Waals surface area contributed by atoms with Crippen molar-refractivity contribution in [2.24, 2.45) is 11.8 Å². The second-order valence-corrected chi connectivity index (χ2v) is 9.86. The lowest BCUT2D eigenvalue weighted by molar-refractivity contribution is -0.137. The molecular formula is C24H33F2N3O2. The van der Waals surface area contributed by atoms with Crippen molar-refractivity contribution in [1.29, 1.82) is 0 Å². The summed E-state index contributed by atoms with van der Waals surface area (Å²) < 4.78 is 27.7. The van der Waals surface area contributed by atoms with E-state index in [1.165, 1.54) is 6.07 Å². The number of hydrogen-bond donors (Lipinski definition) is 1. The SMILES string of the molecule is CC(C)([C@H](NC(=O)[C@H]1CCCN(C(=O)C2CC2)C1)c1ccc(F)c(F)c1)N1CCCC1. The van der Waals surface area contributed by atoms with Gasteiger partial charge in [0.1, 0.15) is 0 Å². The normalized spacial score (nSPS) is 23.6. The zero-order valence-electron chi connectivity index (χ0n) is 18.5. The Kier molecular flexibility index (Phi) is 6.33. The highest BCUT2D eigenvalue weighted by molar-refractivity contribution is 5.83. The average molecular weight is 434 g/mol. The number of carbonyl (C=O) groups excluding carboxylic acids is 2. The summed E-state index contributed by atoms with van der Waals surface area (Å²) in [5.74, 6) is -1.88. The highest BCUT2D eigenvalue weighted by Crippen LogP contribution is 2.36. The van der Waals surface area contributed by atoms with Crippen LogP contribution in [0.4, 0.5) is 8.78 Å². The van der Waals surface area contributed by atoms with Crippen LogP contribution in [0.15, 0.2) is 18.2 Å². The van der Waals surface area contributed by atoms with E-state index in [9.17, 15) is 18.4 Å². The van der Waals surface area contributed by atoms with Gasteiger partial charge in [-0.05, 0) is 83.2 Å². The van der Waals surface area contributed by atoms with Crippen molar-refractivity contribution in [3.8, 4) is 0 Å². The van der Waals surface area contributed by atoms with Gasteiger partial charge in [-0.2, -0.15) is 0 Å². The number of benzene rings is 1. The summed E-state index contributed by atoms with van der Waals surface area (Å²) in [6.45, 7) is 7.08. The number of piperidine rings is 1. The predicted molar refractivity (Wildman–Crippen MR) is 114 cm³/mol. The maximum absolute atomic E-state index is 14.1. The molecule has 2 atom stereocenters. The smallest absolute Gasteiger partial charge is 0.225 e. The maximum Gasteiger partial charge on any atom is 0.225 e. The molecule has 2 saturated heterocycles. The Morgan fingerprint density at radius 3 is 2.35 bits per heavy atom. The summed E-state index contributed by atoms with van der Waals surface area (Å²) >= 11 is 0. The van der Waals surface area contributed by atoms with Crippen molar-refractivity contribution < 1.29 is 18.4 Å². The van der Waals surface area contributed by atoms with Gasteiger partial charge in [-0.15, -0.1) is 0 Å². The van der Waals surface area contributed by atoms with E-state index in [0.29, 0.717) is 18.7 Å². The molecule has 0 unspecified atom stereocenters. The van der Waals surface area contributed by atoms with E-state index in [-0.39, 0.29) is 23.7 Å². The molecule has 0 spiro atoms. The van der Waals surface area contributed by atoms with Crippen molar-refractivity contribution in [3.63, 3.8) is 0 Å². The van der Waals surface area contributed by atoms with Gasteiger partial charge in [0.05, 0.1) is 12.0 Å². The van der Waals surface area contributed by atoms with Crippen LogP contribution in [0.25, 0.3) is 0 Å². The molecule has 1 saturated carbocycles. The van der Waals surface area contributed by atoms with Crippen molar-refractivity contribution >= 4 is 11.8 Å². The van der Waals surface area contributed by atoms with Crippen LogP contribution in [0, 0.1) is 23.5 Å². The largest absolute Gasteiger partial charge is 0.347 e. The van der Waals surface area contributed by atoms with Gasteiger partial charge in [0.15, 0.2) is 11.6 Å². The Balaban J connectivity index is 1.54. The molecule has 5 nitrogen and oxygen atoms in total. The third-order valence-corrected chi connectivity index (χ3v) is 7.22. The number of carbonyl (C=O) groups is 2. The number of amides is 2. The summed E-state index contributed by atoms with van der Waals surface area (Å²) in [6.07, 6.45) is 5.62. The summed E-state index contributed by atoms with van der Waals surface area (Å²) in [5, 5.41) is 3.16. The summed E-state index contributed by atoms with van der Waals surface area (Å²) in [4.78, 5) is 29.9. The minimum Gasteiger partial charge on any atom is -0.347 e. The van der Waals surface area contributed by atoms with Gasteiger partial charge < -0.3 is 10.2 Å². The summed E-state index contributed by atoms with van der Waals surface area (Å²) in [7, 11) is 0. The molecule has 2 amide bonds. The number of rotatable bonds is 6. The highest BCUT2D eigenvalue weighted by Gasteiger charge is 2.41. The molecule has 31 heavy (non-hydrogen) atoms. The van der Waals surface area contributed by atoms with E-state index in [1.54, 1.807) is 6.07 Å². The molecule has 3 aliphatic rings. The van der Waals surface area contributed by atoms with Gasteiger partial charge >= 0.3 is 0 Å². The lowest BCUT2D eigenvalue weighted by Gasteiger charge is -2.43. The van der Waals surface area contributed by atoms with Crippen LogP contribution in [0.2, 0.25) is 0 Å². The molecule has 1 aromatic carbocycles. The Bertz CT molecular complexity index is 834. The molecule has 1 aliphatic carbocycles. The van der Waals surface area contributed by atoms with Crippen molar-refractivity contribution in [2.75, 3.05) is 26.2 Å². The molecule has 7 heteroatoms. The number of likely N-dealkylation sites (tertiary alicyclic amines) is 2. The Labute approximate surface area is 183 Å². The molecule has 3 fully saturated rings. The zero-order chi connectivity index (χ0) is 22.2. The van der Waals surface area contributed by atoms with Crippen molar-refractivity contribution in [1.82, 2.24) is 15.1 Å². The first kappa shape index (κ1) is 22.2. The standard InChI is InChI=1S/C24H33F2N3O2/c1-24(2,29-12-3-4-13-29)21(17-9-10-19(25)20(26)14-17)27-22(30)18-6-5-11-28(15-18)23(31)16-7-8-16/h9-10,14,16,18,21H,3-8,11-13,15H2,1-2H3,(H,27,30)/t18-,21+/m0/s1. The minimum atomic E-state index is -0.909. The molecule has 0 aromatic heterocycles. The van der Waals surface area contributed by atoms with Gasteiger partial charge in [-0.1, -0.05) is 6.07 Å². The fraction of sp³-hybridized carbons (Fsp3) is 0.667. The lowest BCUT2D eigenvalue weighted by atomic mass is 9.85.